The average molecular weight is 267 g/mol. The van der Waals surface area contributed by atoms with Gasteiger partial charge in [-0.05, 0) is 25.7 Å². The van der Waals surface area contributed by atoms with E-state index in [2.05, 4.69) is 9.97 Å². The number of aromatic nitrogens is 2. The fourth-order valence-electron chi connectivity index (χ4n) is 2.55. The van der Waals surface area contributed by atoms with E-state index in [9.17, 15) is 14.3 Å². The van der Waals surface area contributed by atoms with Gasteiger partial charge in [0.1, 0.15) is 0 Å². The minimum absolute atomic E-state index is 0.0589. The van der Waals surface area contributed by atoms with Crippen LogP contribution in [-0.2, 0) is 4.79 Å². The van der Waals surface area contributed by atoms with Crippen molar-refractivity contribution in [2.24, 2.45) is 11.3 Å². The summed E-state index contributed by atoms with van der Waals surface area (Å²) in [6.45, 7) is 4.99. The molecule has 2 unspecified atom stereocenters. The van der Waals surface area contributed by atoms with Crippen molar-refractivity contribution >= 4 is 11.9 Å². The number of hydrogen-bond acceptors (Lipinski definition) is 4. The van der Waals surface area contributed by atoms with Crippen molar-refractivity contribution in [2.75, 3.05) is 18.0 Å². The van der Waals surface area contributed by atoms with Gasteiger partial charge in [-0.1, -0.05) is 6.92 Å². The number of aliphatic carboxylic acids is 1. The summed E-state index contributed by atoms with van der Waals surface area (Å²) in [6, 6.07) is 0. The third kappa shape index (κ3) is 2.52. The lowest BCUT2D eigenvalue weighted by molar-refractivity contribution is -0.151. The number of carboxylic acids is 1. The quantitative estimate of drug-likeness (QED) is 0.903. The van der Waals surface area contributed by atoms with Gasteiger partial charge in [0.25, 0.3) is 0 Å². The van der Waals surface area contributed by atoms with E-state index < -0.39 is 17.2 Å². The number of rotatable bonds is 4. The van der Waals surface area contributed by atoms with Crippen LogP contribution in [0.1, 0.15) is 26.7 Å². The monoisotopic (exact) mass is 267 g/mol. The highest BCUT2D eigenvalue weighted by molar-refractivity contribution is 5.74. The van der Waals surface area contributed by atoms with Crippen LogP contribution in [0.25, 0.3) is 0 Å². The van der Waals surface area contributed by atoms with Crippen molar-refractivity contribution in [2.45, 2.75) is 26.7 Å². The van der Waals surface area contributed by atoms with Crippen molar-refractivity contribution in [3.8, 4) is 0 Å². The third-order valence-corrected chi connectivity index (χ3v) is 4.20. The first-order chi connectivity index (χ1) is 8.97. The molecule has 0 aliphatic carbocycles. The van der Waals surface area contributed by atoms with Crippen LogP contribution in [0, 0.1) is 17.2 Å². The standard InChI is InChI=1S/C13H18FN3O2/c1-3-13(2,11(18)19)9-4-5-17(8-9)12-15-6-10(14)7-16-12/h6-7,9H,3-5,8H2,1-2H3,(H,18,19). The predicted molar refractivity (Wildman–Crippen MR) is 68.3 cm³/mol. The first kappa shape index (κ1) is 13.7. The molecule has 104 valence electrons. The molecule has 1 aromatic heterocycles. The highest BCUT2D eigenvalue weighted by Crippen LogP contribution is 2.38. The van der Waals surface area contributed by atoms with Crippen LogP contribution in [0.3, 0.4) is 0 Å². The van der Waals surface area contributed by atoms with Gasteiger partial charge < -0.3 is 10.0 Å². The van der Waals surface area contributed by atoms with Gasteiger partial charge in [0.2, 0.25) is 5.95 Å². The van der Waals surface area contributed by atoms with Gasteiger partial charge in [0.05, 0.1) is 17.8 Å². The Balaban J connectivity index is 2.11. The number of carbonyl (C=O) groups is 1. The van der Waals surface area contributed by atoms with E-state index in [1.807, 2.05) is 11.8 Å². The summed E-state index contributed by atoms with van der Waals surface area (Å²) in [6.07, 6.45) is 3.64. The van der Waals surface area contributed by atoms with Crippen molar-refractivity contribution in [3.63, 3.8) is 0 Å². The van der Waals surface area contributed by atoms with E-state index in [1.54, 1.807) is 6.92 Å². The molecule has 2 rings (SSSR count). The zero-order valence-corrected chi connectivity index (χ0v) is 11.1. The van der Waals surface area contributed by atoms with Crippen LogP contribution in [0.5, 0.6) is 0 Å². The number of anilines is 1. The fraction of sp³-hybridized carbons (Fsp3) is 0.615. The first-order valence-corrected chi connectivity index (χ1v) is 6.43. The Labute approximate surface area is 111 Å². The van der Waals surface area contributed by atoms with E-state index in [4.69, 9.17) is 0 Å². The van der Waals surface area contributed by atoms with Crippen molar-refractivity contribution in [1.82, 2.24) is 9.97 Å². The van der Waals surface area contributed by atoms with E-state index in [0.717, 1.165) is 18.8 Å². The topological polar surface area (TPSA) is 66.3 Å². The SMILES string of the molecule is CCC(C)(C(=O)O)C1CCN(c2ncc(F)cn2)C1. The lowest BCUT2D eigenvalue weighted by Gasteiger charge is -2.30. The highest BCUT2D eigenvalue weighted by Gasteiger charge is 2.43. The molecule has 1 aliphatic heterocycles. The van der Waals surface area contributed by atoms with Gasteiger partial charge in [-0.25, -0.2) is 14.4 Å². The Morgan fingerprint density at radius 3 is 2.74 bits per heavy atom. The van der Waals surface area contributed by atoms with Crippen molar-refractivity contribution in [3.05, 3.63) is 18.2 Å². The number of hydrogen-bond donors (Lipinski definition) is 1. The maximum Gasteiger partial charge on any atom is 0.309 e. The van der Waals surface area contributed by atoms with Gasteiger partial charge in [-0.2, -0.15) is 0 Å². The van der Waals surface area contributed by atoms with Gasteiger partial charge in [0.15, 0.2) is 5.82 Å². The largest absolute Gasteiger partial charge is 0.481 e. The minimum atomic E-state index is -0.762. The molecule has 0 amide bonds. The smallest absolute Gasteiger partial charge is 0.309 e. The third-order valence-electron chi connectivity index (χ3n) is 4.20. The predicted octanol–water partition coefficient (Wildman–Crippen LogP) is 1.94. The zero-order chi connectivity index (χ0) is 14.0. The lowest BCUT2D eigenvalue weighted by Crippen LogP contribution is -2.37. The molecule has 6 heteroatoms. The number of nitrogens with zero attached hydrogens (tertiary/aromatic N) is 3. The highest BCUT2D eigenvalue weighted by atomic mass is 19.1. The molecule has 0 aromatic carbocycles. The molecule has 2 atom stereocenters. The summed E-state index contributed by atoms with van der Waals surface area (Å²) < 4.78 is 12.8. The van der Waals surface area contributed by atoms with Crippen LogP contribution >= 0.6 is 0 Å². The number of carboxylic acid groups (broad SMARTS) is 1. The Kier molecular flexibility index (Phi) is 3.68. The maximum absolute atomic E-state index is 12.8. The van der Waals surface area contributed by atoms with Gasteiger partial charge in [0, 0.05) is 13.1 Å². The Hall–Kier alpha value is -1.72. The molecular weight excluding hydrogens is 249 g/mol. The van der Waals surface area contributed by atoms with E-state index in [-0.39, 0.29) is 5.92 Å². The maximum atomic E-state index is 12.8. The van der Waals surface area contributed by atoms with Crippen molar-refractivity contribution < 1.29 is 14.3 Å². The Morgan fingerprint density at radius 1 is 1.58 bits per heavy atom. The lowest BCUT2D eigenvalue weighted by atomic mass is 9.74. The number of halogens is 1. The molecule has 0 spiro atoms. The zero-order valence-electron chi connectivity index (χ0n) is 11.1. The molecule has 2 heterocycles. The summed E-state index contributed by atoms with van der Waals surface area (Å²) in [5.41, 5.74) is -0.727. The van der Waals surface area contributed by atoms with Crippen LogP contribution < -0.4 is 4.90 Å². The summed E-state index contributed by atoms with van der Waals surface area (Å²) in [5, 5.41) is 9.39. The van der Waals surface area contributed by atoms with Crippen LogP contribution in [0.4, 0.5) is 10.3 Å². The molecule has 19 heavy (non-hydrogen) atoms. The second-order valence-corrected chi connectivity index (χ2v) is 5.21. The van der Waals surface area contributed by atoms with Gasteiger partial charge in [-0.15, -0.1) is 0 Å². The van der Waals surface area contributed by atoms with Gasteiger partial charge >= 0.3 is 5.97 Å². The fourth-order valence-corrected chi connectivity index (χ4v) is 2.55. The second-order valence-electron chi connectivity index (χ2n) is 5.21. The van der Waals surface area contributed by atoms with Crippen LogP contribution in [0.15, 0.2) is 12.4 Å². The molecule has 5 nitrogen and oxygen atoms in total. The van der Waals surface area contributed by atoms with E-state index in [0.29, 0.717) is 25.5 Å². The summed E-state index contributed by atoms with van der Waals surface area (Å²) >= 11 is 0. The van der Waals surface area contributed by atoms with Crippen LogP contribution in [-0.4, -0.2) is 34.1 Å². The summed E-state index contributed by atoms with van der Waals surface area (Å²) in [4.78, 5) is 21.2. The summed E-state index contributed by atoms with van der Waals surface area (Å²) in [7, 11) is 0. The molecule has 1 saturated heterocycles. The normalized spacial score (nSPS) is 22.3. The second kappa shape index (κ2) is 5.11. The van der Waals surface area contributed by atoms with Crippen molar-refractivity contribution in [1.29, 1.82) is 0 Å². The average Bonchev–Trinajstić information content (AvgIpc) is 2.88. The molecule has 1 fully saturated rings. The molecule has 0 saturated carbocycles. The Morgan fingerprint density at radius 2 is 2.21 bits per heavy atom. The minimum Gasteiger partial charge on any atom is -0.481 e. The molecular formula is C13H18FN3O2. The van der Waals surface area contributed by atoms with Gasteiger partial charge in [-0.3, -0.25) is 4.79 Å². The Bertz CT molecular complexity index is 465. The van der Waals surface area contributed by atoms with Crippen LogP contribution in [0.2, 0.25) is 0 Å². The molecule has 1 aliphatic rings. The molecule has 1 aromatic rings. The molecule has 0 radical (unpaired) electrons. The molecule has 0 bridgehead atoms. The summed E-state index contributed by atoms with van der Waals surface area (Å²) in [5.74, 6) is -0.707. The molecule has 1 N–H and O–H groups in total. The van der Waals surface area contributed by atoms with E-state index >= 15 is 0 Å². The first-order valence-electron chi connectivity index (χ1n) is 6.43. The van der Waals surface area contributed by atoms with E-state index in [1.165, 1.54) is 0 Å².